The van der Waals surface area contributed by atoms with Crippen molar-refractivity contribution >= 4 is 29.3 Å². The summed E-state index contributed by atoms with van der Waals surface area (Å²) in [4.78, 5) is 12.3. The summed E-state index contributed by atoms with van der Waals surface area (Å²) >= 11 is 7.24. The maximum absolute atomic E-state index is 12.3. The fourth-order valence-electron chi connectivity index (χ4n) is 2.84. The molecule has 0 aliphatic heterocycles. The molecule has 1 aromatic heterocycles. The van der Waals surface area contributed by atoms with Gasteiger partial charge in [-0.15, -0.1) is 16.8 Å². The molecule has 2 aromatic rings. The molecule has 1 aliphatic rings. The van der Waals surface area contributed by atoms with Crippen LogP contribution in [0, 0.1) is 17.2 Å². The van der Waals surface area contributed by atoms with E-state index in [9.17, 15) is 10.1 Å². The van der Waals surface area contributed by atoms with Crippen molar-refractivity contribution in [1.29, 1.82) is 5.26 Å². The molecule has 1 atom stereocenters. The summed E-state index contributed by atoms with van der Waals surface area (Å²) in [6, 6.07) is 9.58. The van der Waals surface area contributed by atoms with E-state index >= 15 is 0 Å². The molecule has 0 saturated heterocycles. The molecule has 0 radical (unpaired) electrons. The number of aromatic nitrogens is 3. The van der Waals surface area contributed by atoms with Crippen LogP contribution in [0.15, 0.2) is 42.1 Å². The van der Waals surface area contributed by atoms with Crippen LogP contribution in [0.4, 0.5) is 0 Å². The summed E-state index contributed by atoms with van der Waals surface area (Å²) in [7, 11) is 0. The topological polar surface area (TPSA) is 83.6 Å². The standard InChI is InChI=1S/C19H20ClN5OS/c1-3-10-25-17(13-4-8-15(20)9-5-13)23-24-18(25)27-11-16(26)22-19(2,12-21)14-6-7-14/h3-5,8-9,14H,1,6-7,10-11H2,2H3,(H,22,26). The van der Waals surface area contributed by atoms with Crippen molar-refractivity contribution in [3.05, 3.63) is 41.9 Å². The Morgan fingerprint density at radius 1 is 1.48 bits per heavy atom. The Labute approximate surface area is 167 Å². The number of rotatable bonds is 8. The molecule has 1 amide bonds. The van der Waals surface area contributed by atoms with Crippen LogP contribution in [0.3, 0.4) is 0 Å². The number of nitriles is 1. The number of allylic oxidation sites excluding steroid dienone is 1. The lowest BCUT2D eigenvalue weighted by Crippen LogP contribution is -2.47. The van der Waals surface area contributed by atoms with Gasteiger partial charge in [-0.1, -0.05) is 29.4 Å². The van der Waals surface area contributed by atoms with Crippen molar-refractivity contribution in [2.75, 3.05) is 5.75 Å². The summed E-state index contributed by atoms with van der Waals surface area (Å²) in [5.41, 5.74) is 0.0943. The minimum Gasteiger partial charge on any atom is -0.337 e. The quantitative estimate of drug-likeness (QED) is 0.538. The highest BCUT2D eigenvalue weighted by atomic mass is 35.5. The molecule has 1 aliphatic carbocycles. The molecule has 1 N–H and O–H groups in total. The van der Waals surface area contributed by atoms with E-state index in [0.717, 1.165) is 18.4 Å². The first kappa shape index (κ1) is 19.5. The average Bonchev–Trinajstić information content (AvgIpc) is 3.44. The van der Waals surface area contributed by atoms with Crippen LogP contribution in [-0.4, -0.2) is 32.0 Å². The van der Waals surface area contributed by atoms with Gasteiger partial charge in [0.2, 0.25) is 5.91 Å². The fraction of sp³-hybridized carbons (Fsp3) is 0.368. The van der Waals surface area contributed by atoms with Gasteiger partial charge in [0.1, 0.15) is 5.54 Å². The zero-order valence-corrected chi connectivity index (χ0v) is 16.6. The first-order valence-corrected chi connectivity index (χ1v) is 9.98. The Hall–Kier alpha value is -2.30. The van der Waals surface area contributed by atoms with Crippen molar-refractivity contribution in [2.45, 2.75) is 37.0 Å². The first-order chi connectivity index (χ1) is 13.0. The Balaban J connectivity index is 1.71. The predicted octanol–water partition coefficient (Wildman–Crippen LogP) is 3.69. The maximum atomic E-state index is 12.3. The maximum Gasteiger partial charge on any atom is 0.231 e. The predicted molar refractivity (Wildman–Crippen MR) is 106 cm³/mol. The largest absolute Gasteiger partial charge is 0.337 e. The number of carbonyl (C=O) groups excluding carboxylic acids is 1. The molecule has 1 heterocycles. The van der Waals surface area contributed by atoms with Crippen molar-refractivity contribution in [1.82, 2.24) is 20.1 Å². The van der Waals surface area contributed by atoms with Crippen LogP contribution in [0.25, 0.3) is 11.4 Å². The third-order valence-electron chi connectivity index (χ3n) is 4.49. The molecule has 0 bridgehead atoms. The van der Waals surface area contributed by atoms with Crippen LogP contribution in [0.2, 0.25) is 5.02 Å². The molecule has 1 aromatic carbocycles. The van der Waals surface area contributed by atoms with Crippen LogP contribution in [0.5, 0.6) is 0 Å². The molecule has 6 nitrogen and oxygen atoms in total. The van der Waals surface area contributed by atoms with Gasteiger partial charge in [-0.3, -0.25) is 9.36 Å². The van der Waals surface area contributed by atoms with Gasteiger partial charge < -0.3 is 5.32 Å². The number of carbonyl (C=O) groups is 1. The summed E-state index contributed by atoms with van der Waals surface area (Å²) in [5, 5.41) is 22.0. The molecule has 27 heavy (non-hydrogen) atoms. The molecule has 3 rings (SSSR count). The second-order valence-corrected chi connectivity index (χ2v) is 8.02. The number of nitrogens with one attached hydrogen (secondary N) is 1. The van der Waals surface area contributed by atoms with Gasteiger partial charge in [0.15, 0.2) is 11.0 Å². The molecular weight excluding hydrogens is 382 g/mol. The minimum atomic E-state index is -0.791. The number of nitrogens with zero attached hydrogens (tertiary/aromatic N) is 4. The van der Waals surface area contributed by atoms with Gasteiger partial charge in [-0.2, -0.15) is 5.26 Å². The Bertz CT molecular complexity index is 884. The normalized spacial score (nSPS) is 15.6. The van der Waals surface area contributed by atoms with E-state index < -0.39 is 5.54 Å². The van der Waals surface area contributed by atoms with Crippen molar-refractivity contribution in [3.8, 4) is 17.5 Å². The molecule has 0 spiro atoms. The number of hydrogen-bond donors (Lipinski definition) is 1. The van der Waals surface area contributed by atoms with Crippen LogP contribution >= 0.6 is 23.4 Å². The summed E-state index contributed by atoms with van der Waals surface area (Å²) in [5.74, 6) is 0.920. The lowest BCUT2D eigenvalue weighted by Gasteiger charge is -2.22. The molecule has 8 heteroatoms. The molecule has 140 valence electrons. The van der Waals surface area contributed by atoms with E-state index in [1.165, 1.54) is 11.8 Å². The monoisotopic (exact) mass is 401 g/mol. The Kier molecular flexibility index (Phi) is 5.88. The van der Waals surface area contributed by atoms with E-state index in [1.54, 1.807) is 25.1 Å². The van der Waals surface area contributed by atoms with Gasteiger partial charge in [-0.25, -0.2) is 0 Å². The Morgan fingerprint density at radius 3 is 2.78 bits per heavy atom. The lowest BCUT2D eigenvalue weighted by atomic mass is 9.98. The van der Waals surface area contributed by atoms with Gasteiger partial charge in [-0.05, 0) is 49.9 Å². The number of amides is 1. The van der Waals surface area contributed by atoms with Crippen molar-refractivity contribution in [3.63, 3.8) is 0 Å². The molecule has 1 saturated carbocycles. The fourth-order valence-corrected chi connectivity index (χ4v) is 3.71. The highest BCUT2D eigenvalue weighted by Gasteiger charge is 2.42. The zero-order valence-electron chi connectivity index (χ0n) is 15.0. The number of halogens is 1. The number of benzene rings is 1. The first-order valence-electron chi connectivity index (χ1n) is 8.62. The van der Waals surface area contributed by atoms with Crippen molar-refractivity contribution in [2.24, 2.45) is 5.92 Å². The number of hydrogen-bond acceptors (Lipinski definition) is 5. The molecule has 1 unspecified atom stereocenters. The minimum absolute atomic E-state index is 0.167. The van der Waals surface area contributed by atoms with Crippen LogP contribution in [0.1, 0.15) is 19.8 Å². The van der Waals surface area contributed by atoms with Crippen LogP contribution in [-0.2, 0) is 11.3 Å². The summed E-state index contributed by atoms with van der Waals surface area (Å²) in [6.45, 7) is 6.09. The second kappa shape index (κ2) is 8.15. The van der Waals surface area contributed by atoms with Crippen LogP contribution < -0.4 is 5.32 Å². The second-order valence-electron chi connectivity index (χ2n) is 6.64. The number of thioether (sulfide) groups is 1. The third-order valence-corrected chi connectivity index (χ3v) is 5.71. The SMILES string of the molecule is C=CCn1c(SCC(=O)NC(C)(C#N)C2CC2)nnc1-c1ccc(Cl)cc1. The molecule has 1 fully saturated rings. The van der Waals surface area contributed by atoms with Gasteiger partial charge >= 0.3 is 0 Å². The lowest BCUT2D eigenvalue weighted by molar-refractivity contribution is -0.119. The summed E-state index contributed by atoms with van der Waals surface area (Å²) < 4.78 is 1.90. The van der Waals surface area contributed by atoms with E-state index in [2.05, 4.69) is 28.2 Å². The van der Waals surface area contributed by atoms with E-state index in [0.29, 0.717) is 22.5 Å². The van der Waals surface area contributed by atoms with E-state index in [4.69, 9.17) is 11.6 Å². The summed E-state index contributed by atoms with van der Waals surface area (Å²) in [6.07, 6.45) is 3.72. The highest BCUT2D eigenvalue weighted by molar-refractivity contribution is 7.99. The van der Waals surface area contributed by atoms with Gasteiger partial charge in [0, 0.05) is 17.1 Å². The smallest absolute Gasteiger partial charge is 0.231 e. The van der Waals surface area contributed by atoms with Gasteiger partial charge in [0.05, 0.1) is 11.8 Å². The van der Waals surface area contributed by atoms with E-state index in [1.807, 2.05) is 16.7 Å². The van der Waals surface area contributed by atoms with Gasteiger partial charge in [0.25, 0.3) is 0 Å². The Morgan fingerprint density at radius 2 is 2.19 bits per heavy atom. The zero-order chi connectivity index (χ0) is 19.4. The highest BCUT2D eigenvalue weighted by Crippen LogP contribution is 2.39. The third kappa shape index (κ3) is 4.52. The van der Waals surface area contributed by atoms with Crippen molar-refractivity contribution < 1.29 is 4.79 Å². The average molecular weight is 402 g/mol. The molecular formula is C19H20ClN5OS. The van der Waals surface area contributed by atoms with E-state index in [-0.39, 0.29) is 17.6 Å².